The van der Waals surface area contributed by atoms with E-state index in [1.807, 2.05) is 0 Å². The van der Waals surface area contributed by atoms with Gasteiger partial charge in [0.15, 0.2) is 0 Å². The van der Waals surface area contributed by atoms with Gasteiger partial charge in [0.25, 0.3) is 5.91 Å². The van der Waals surface area contributed by atoms with Crippen LogP contribution < -0.4 is 10.6 Å². The molecule has 5 aliphatic carbocycles. The summed E-state index contributed by atoms with van der Waals surface area (Å²) >= 11 is 0. The van der Waals surface area contributed by atoms with Crippen LogP contribution in [0.4, 0.5) is 5.95 Å². The van der Waals surface area contributed by atoms with E-state index in [2.05, 4.69) is 15.6 Å². The van der Waals surface area contributed by atoms with Crippen molar-refractivity contribution in [2.45, 2.75) is 75.0 Å². The van der Waals surface area contributed by atoms with E-state index in [0.717, 1.165) is 50.6 Å². The fourth-order valence-electron chi connectivity index (χ4n) is 6.58. The van der Waals surface area contributed by atoms with Gasteiger partial charge in [0, 0.05) is 18.2 Å². The molecule has 7 rings (SSSR count). The van der Waals surface area contributed by atoms with Crippen molar-refractivity contribution in [3.05, 3.63) is 17.5 Å². The summed E-state index contributed by atoms with van der Waals surface area (Å²) in [7, 11) is 0. The van der Waals surface area contributed by atoms with Crippen LogP contribution in [0.3, 0.4) is 0 Å². The number of hydrogen-bond donors (Lipinski definition) is 3. The lowest BCUT2D eigenvalue weighted by Crippen LogP contribution is -2.61. The van der Waals surface area contributed by atoms with Crippen LogP contribution in [0.1, 0.15) is 73.3 Å². The van der Waals surface area contributed by atoms with E-state index in [4.69, 9.17) is 9.72 Å². The zero-order valence-electron chi connectivity index (χ0n) is 16.8. The smallest absolute Gasteiger partial charge is 0.254 e. The van der Waals surface area contributed by atoms with Gasteiger partial charge in [-0.05, 0) is 62.7 Å². The molecule has 1 aliphatic heterocycles. The number of rotatable bonds is 5. The summed E-state index contributed by atoms with van der Waals surface area (Å²) in [4.78, 5) is 22.5. The summed E-state index contributed by atoms with van der Waals surface area (Å²) in [5.41, 5.74) is 1.06. The van der Waals surface area contributed by atoms with Crippen molar-refractivity contribution in [3.8, 4) is 0 Å². The number of amides is 1. The topological polar surface area (TPSA) is 96.4 Å². The summed E-state index contributed by atoms with van der Waals surface area (Å²) in [6, 6.07) is 0.446. The number of carbonyl (C=O) groups is 1. The van der Waals surface area contributed by atoms with Crippen LogP contribution in [-0.2, 0) is 4.74 Å². The number of carbonyl (C=O) groups excluding carboxylic acids is 1. The fourth-order valence-corrected chi connectivity index (χ4v) is 6.58. The van der Waals surface area contributed by atoms with Crippen molar-refractivity contribution in [2.24, 2.45) is 17.8 Å². The summed E-state index contributed by atoms with van der Waals surface area (Å²) in [5, 5.41) is 17.5. The average Bonchev–Trinajstić information content (AvgIpc) is 2.58. The molecule has 2 heterocycles. The maximum Gasteiger partial charge on any atom is 0.254 e. The Morgan fingerprint density at radius 1 is 1.17 bits per heavy atom. The SMILES string of the molecule is O=C(NC1C2CC3CC1CC(O)(C3)C2)c1cnc(NC2COC2)nc1C1CCC1. The summed E-state index contributed by atoms with van der Waals surface area (Å²) in [5.74, 6) is 2.38. The molecule has 1 saturated heterocycles. The first kappa shape index (κ1) is 18.1. The molecule has 1 aromatic heterocycles. The Morgan fingerprint density at radius 3 is 2.52 bits per heavy atom. The minimum Gasteiger partial charge on any atom is -0.390 e. The van der Waals surface area contributed by atoms with E-state index in [9.17, 15) is 9.90 Å². The molecule has 4 bridgehead atoms. The van der Waals surface area contributed by atoms with Gasteiger partial charge in [0.05, 0.1) is 36.1 Å². The van der Waals surface area contributed by atoms with Crippen LogP contribution in [0.25, 0.3) is 0 Å². The third-order valence-electron chi connectivity index (χ3n) is 8.06. The lowest BCUT2D eigenvalue weighted by molar-refractivity contribution is -0.136. The molecule has 0 aromatic carbocycles. The van der Waals surface area contributed by atoms with E-state index >= 15 is 0 Å². The first-order valence-corrected chi connectivity index (χ1v) is 11.3. The molecule has 7 heteroatoms. The standard InChI is InChI=1S/C22H30N4O3/c27-20(25-18-14-4-12-5-15(18)8-22(28,6-12)7-14)17-9-23-21(24-16-10-29-11-16)26-19(17)13-2-1-3-13/h9,12-16,18,28H,1-8,10-11H2,(H,25,27)(H,23,24,26). The van der Waals surface area contributed by atoms with E-state index in [-0.39, 0.29) is 18.0 Å². The van der Waals surface area contributed by atoms with Crippen molar-refractivity contribution in [1.82, 2.24) is 15.3 Å². The van der Waals surface area contributed by atoms with Gasteiger partial charge in [0.2, 0.25) is 5.95 Å². The normalized spacial score (nSPS) is 38.4. The van der Waals surface area contributed by atoms with Crippen molar-refractivity contribution in [3.63, 3.8) is 0 Å². The largest absolute Gasteiger partial charge is 0.390 e. The highest BCUT2D eigenvalue weighted by Crippen LogP contribution is 2.55. The molecule has 29 heavy (non-hydrogen) atoms. The van der Waals surface area contributed by atoms with Gasteiger partial charge in [-0.2, -0.15) is 0 Å². The molecular weight excluding hydrogens is 368 g/mol. The Labute approximate surface area is 171 Å². The molecule has 0 spiro atoms. The second-order valence-corrected chi connectivity index (χ2v) is 10.2. The minimum atomic E-state index is -0.476. The zero-order chi connectivity index (χ0) is 19.6. The molecule has 156 valence electrons. The first-order chi connectivity index (χ1) is 14.1. The second kappa shape index (κ2) is 6.64. The van der Waals surface area contributed by atoms with Gasteiger partial charge in [-0.15, -0.1) is 0 Å². The number of hydrogen-bond acceptors (Lipinski definition) is 6. The molecule has 2 atom stereocenters. The van der Waals surface area contributed by atoms with Crippen LogP contribution in [0, 0.1) is 17.8 Å². The van der Waals surface area contributed by atoms with E-state index in [1.54, 1.807) is 6.20 Å². The van der Waals surface area contributed by atoms with Crippen LogP contribution in [0.15, 0.2) is 6.20 Å². The number of anilines is 1. The molecule has 1 aromatic rings. The third-order valence-corrected chi connectivity index (χ3v) is 8.06. The molecule has 3 N–H and O–H groups in total. The van der Waals surface area contributed by atoms with Crippen LogP contribution in [-0.4, -0.2) is 51.9 Å². The second-order valence-electron chi connectivity index (χ2n) is 10.2. The van der Waals surface area contributed by atoms with E-state index < -0.39 is 5.60 Å². The maximum atomic E-state index is 13.3. The van der Waals surface area contributed by atoms with Gasteiger partial charge >= 0.3 is 0 Å². The van der Waals surface area contributed by atoms with Gasteiger partial charge < -0.3 is 20.5 Å². The zero-order valence-corrected chi connectivity index (χ0v) is 16.8. The molecule has 5 saturated carbocycles. The molecule has 2 unspecified atom stereocenters. The number of aliphatic hydroxyl groups is 1. The van der Waals surface area contributed by atoms with E-state index in [0.29, 0.717) is 48.4 Å². The van der Waals surface area contributed by atoms with Crippen LogP contribution in [0.5, 0.6) is 0 Å². The molecule has 1 amide bonds. The maximum absolute atomic E-state index is 13.3. The van der Waals surface area contributed by atoms with Gasteiger partial charge in [-0.25, -0.2) is 9.97 Å². The van der Waals surface area contributed by atoms with E-state index in [1.165, 1.54) is 6.42 Å². The predicted octanol–water partition coefficient (Wildman–Crippen LogP) is 2.22. The van der Waals surface area contributed by atoms with Crippen molar-refractivity contribution < 1.29 is 14.6 Å². The number of nitrogens with one attached hydrogen (secondary N) is 2. The predicted molar refractivity (Wildman–Crippen MR) is 107 cm³/mol. The number of nitrogens with zero attached hydrogens (tertiary/aromatic N) is 2. The Kier molecular flexibility index (Phi) is 4.14. The quantitative estimate of drug-likeness (QED) is 0.704. The van der Waals surface area contributed by atoms with Gasteiger partial charge in [-0.1, -0.05) is 6.42 Å². The number of ether oxygens (including phenoxy) is 1. The molecule has 6 fully saturated rings. The Hall–Kier alpha value is -1.73. The molecule has 6 aliphatic rings. The lowest BCUT2D eigenvalue weighted by atomic mass is 9.52. The fraction of sp³-hybridized carbons (Fsp3) is 0.773. The monoisotopic (exact) mass is 398 g/mol. The molecule has 7 nitrogen and oxygen atoms in total. The summed E-state index contributed by atoms with van der Waals surface area (Å²) < 4.78 is 5.22. The first-order valence-electron chi connectivity index (χ1n) is 11.3. The summed E-state index contributed by atoms with van der Waals surface area (Å²) in [6.07, 6.45) is 10.00. The van der Waals surface area contributed by atoms with Crippen molar-refractivity contribution >= 4 is 11.9 Å². The Bertz CT molecular complexity index is 806. The highest BCUT2D eigenvalue weighted by molar-refractivity contribution is 5.95. The summed E-state index contributed by atoms with van der Waals surface area (Å²) in [6.45, 7) is 1.37. The van der Waals surface area contributed by atoms with Crippen LogP contribution >= 0.6 is 0 Å². The Balaban J connectivity index is 1.22. The minimum absolute atomic E-state index is 0.0325. The number of aromatic nitrogens is 2. The Morgan fingerprint density at radius 2 is 1.93 bits per heavy atom. The molecule has 0 radical (unpaired) electrons. The van der Waals surface area contributed by atoms with Crippen molar-refractivity contribution in [1.29, 1.82) is 0 Å². The van der Waals surface area contributed by atoms with Crippen LogP contribution in [0.2, 0.25) is 0 Å². The highest BCUT2D eigenvalue weighted by atomic mass is 16.5. The lowest BCUT2D eigenvalue weighted by Gasteiger charge is -2.58. The van der Waals surface area contributed by atoms with Gasteiger partial charge in [0.1, 0.15) is 0 Å². The average molecular weight is 399 g/mol. The van der Waals surface area contributed by atoms with Gasteiger partial charge in [-0.3, -0.25) is 4.79 Å². The van der Waals surface area contributed by atoms with Crippen molar-refractivity contribution in [2.75, 3.05) is 18.5 Å². The third kappa shape index (κ3) is 3.13. The highest BCUT2D eigenvalue weighted by Gasteiger charge is 2.55. The molecular formula is C22H30N4O3.